The van der Waals surface area contributed by atoms with E-state index in [9.17, 15) is 18.0 Å². The van der Waals surface area contributed by atoms with Gasteiger partial charge >= 0.3 is 12.1 Å². The van der Waals surface area contributed by atoms with Gasteiger partial charge in [-0.1, -0.05) is 20.8 Å². The van der Waals surface area contributed by atoms with Gasteiger partial charge in [-0.2, -0.15) is 13.2 Å². The van der Waals surface area contributed by atoms with Gasteiger partial charge in [-0.25, -0.2) is 4.98 Å². The van der Waals surface area contributed by atoms with Crippen molar-refractivity contribution < 1.29 is 18.0 Å². The third kappa shape index (κ3) is 2.80. The largest absolute Gasteiger partial charge is 0.471 e. The molecule has 2 aliphatic rings. The Morgan fingerprint density at radius 1 is 1.26 bits per heavy atom. The van der Waals surface area contributed by atoms with E-state index in [0.29, 0.717) is 18.7 Å². The normalized spacial score (nSPS) is 24.8. The number of nitrogens with one attached hydrogen (secondary N) is 1. The summed E-state index contributed by atoms with van der Waals surface area (Å²) in [7, 11) is 0. The predicted octanol–water partition coefficient (Wildman–Crippen LogP) is 4.63. The summed E-state index contributed by atoms with van der Waals surface area (Å²) in [6, 6.07) is 7.29. The number of carbonyl (C=O) groups excluding carboxylic acids is 1. The number of H-pyrrole nitrogens is 1. The molecule has 0 saturated carbocycles. The van der Waals surface area contributed by atoms with Crippen LogP contribution in [0.25, 0.3) is 22.4 Å². The Morgan fingerprint density at radius 2 is 2.03 bits per heavy atom. The van der Waals surface area contributed by atoms with E-state index in [4.69, 9.17) is 4.98 Å². The monoisotopic (exact) mass is 428 g/mol. The van der Waals surface area contributed by atoms with E-state index in [1.54, 1.807) is 12.4 Å². The number of aromatic nitrogens is 3. The molecule has 8 heteroatoms. The van der Waals surface area contributed by atoms with Crippen molar-refractivity contribution in [3.8, 4) is 11.4 Å². The molecule has 1 fully saturated rings. The number of benzene rings is 1. The summed E-state index contributed by atoms with van der Waals surface area (Å²) in [5.74, 6) is -1.04. The number of hydrogen-bond acceptors (Lipinski definition) is 3. The van der Waals surface area contributed by atoms with E-state index in [1.807, 2.05) is 32.0 Å². The van der Waals surface area contributed by atoms with Gasteiger partial charge in [-0.15, -0.1) is 0 Å². The number of pyridine rings is 1. The van der Waals surface area contributed by atoms with Crippen LogP contribution in [-0.4, -0.2) is 44.5 Å². The molecule has 1 N–H and O–H groups in total. The number of hydrogen-bond donors (Lipinski definition) is 1. The lowest BCUT2D eigenvalue weighted by atomic mass is 9.51. The van der Waals surface area contributed by atoms with Crippen molar-refractivity contribution >= 4 is 16.9 Å². The molecule has 5 rings (SSSR count). The molecule has 2 bridgehead atoms. The van der Waals surface area contributed by atoms with Gasteiger partial charge in [0.25, 0.3) is 0 Å². The highest BCUT2D eigenvalue weighted by Crippen LogP contribution is 2.56. The first-order valence-corrected chi connectivity index (χ1v) is 10.3. The average molecular weight is 428 g/mol. The Kier molecular flexibility index (Phi) is 4.08. The molecule has 3 heterocycles. The standard InChI is InChI=1S/C23H23F3N4O/c1-21(2)18-10-14-9-16-17(29-19(28-16)13-5-4-7-27-12-13)11-15(14)22(21,3)6-8-30(18)20(31)23(24,25)26/h4-5,7,9,11-12,18H,6,8,10H2,1-3H3,(H,28,29)/t18-,22+/m1/s1. The number of likely N-dealkylation sites (tertiary alicyclic amines) is 1. The Balaban J connectivity index is 1.63. The van der Waals surface area contributed by atoms with Crippen LogP contribution in [-0.2, 0) is 16.6 Å². The van der Waals surface area contributed by atoms with Crippen molar-refractivity contribution in [3.63, 3.8) is 0 Å². The summed E-state index contributed by atoms with van der Waals surface area (Å²) >= 11 is 0. The maximum absolute atomic E-state index is 13.3. The fourth-order valence-corrected chi connectivity index (χ4v) is 5.46. The average Bonchev–Trinajstić information content (AvgIpc) is 3.12. The third-order valence-corrected chi connectivity index (χ3v) is 7.64. The molecule has 1 aliphatic carbocycles. The summed E-state index contributed by atoms with van der Waals surface area (Å²) in [6.07, 6.45) is -0.582. The zero-order valence-electron chi connectivity index (χ0n) is 17.5. The molecule has 31 heavy (non-hydrogen) atoms. The number of aromatic amines is 1. The van der Waals surface area contributed by atoms with Crippen molar-refractivity contribution in [1.29, 1.82) is 0 Å². The van der Waals surface area contributed by atoms with Crippen LogP contribution in [0, 0.1) is 5.41 Å². The van der Waals surface area contributed by atoms with E-state index in [-0.39, 0.29) is 12.0 Å². The molecule has 5 nitrogen and oxygen atoms in total. The quantitative estimate of drug-likeness (QED) is 0.615. The van der Waals surface area contributed by atoms with Gasteiger partial charge in [0, 0.05) is 36.0 Å². The third-order valence-electron chi connectivity index (χ3n) is 7.64. The smallest absolute Gasteiger partial charge is 0.338 e. The topological polar surface area (TPSA) is 61.9 Å². The number of alkyl halides is 3. The molecule has 1 amide bonds. The molecule has 2 aromatic heterocycles. The van der Waals surface area contributed by atoms with Gasteiger partial charge in [-0.3, -0.25) is 9.78 Å². The molecule has 162 valence electrons. The predicted molar refractivity (Wildman–Crippen MR) is 110 cm³/mol. The van der Waals surface area contributed by atoms with Crippen molar-refractivity contribution in [1.82, 2.24) is 19.9 Å². The molecule has 1 saturated heterocycles. The SMILES string of the molecule is CC1(C)[C@H]2Cc3cc4[nH]c(-c5cccnc5)nc4cc3[C@]1(C)CCN2C(=O)C(F)(F)F. The van der Waals surface area contributed by atoms with Crippen molar-refractivity contribution in [2.45, 2.75) is 51.2 Å². The number of carbonyl (C=O) groups is 1. The fourth-order valence-electron chi connectivity index (χ4n) is 5.46. The minimum absolute atomic E-state index is 0.0991. The Hall–Kier alpha value is -2.90. The summed E-state index contributed by atoms with van der Waals surface area (Å²) < 4.78 is 39.8. The first-order chi connectivity index (χ1) is 14.5. The second-order valence-electron chi connectivity index (χ2n) is 9.37. The van der Waals surface area contributed by atoms with Crippen LogP contribution >= 0.6 is 0 Å². The number of piperidine rings is 1. The van der Waals surface area contributed by atoms with E-state index in [2.05, 4.69) is 23.0 Å². The number of amides is 1. The minimum atomic E-state index is -4.87. The van der Waals surface area contributed by atoms with Crippen LogP contribution in [0.15, 0.2) is 36.7 Å². The molecule has 0 radical (unpaired) electrons. The van der Waals surface area contributed by atoms with Crippen molar-refractivity contribution in [2.75, 3.05) is 6.54 Å². The summed E-state index contributed by atoms with van der Waals surface area (Å²) in [4.78, 5) is 25.4. The summed E-state index contributed by atoms with van der Waals surface area (Å²) in [5, 5.41) is 0. The molecule has 2 atom stereocenters. The minimum Gasteiger partial charge on any atom is -0.338 e. The van der Waals surface area contributed by atoms with E-state index < -0.39 is 23.5 Å². The van der Waals surface area contributed by atoms with Gasteiger partial charge in [0.2, 0.25) is 0 Å². The van der Waals surface area contributed by atoms with E-state index >= 15 is 0 Å². The summed E-state index contributed by atoms with van der Waals surface area (Å²) in [6.45, 7) is 6.16. The number of fused-ring (bicyclic) bond motifs is 5. The van der Waals surface area contributed by atoms with E-state index in [1.165, 1.54) is 0 Å². The maximum atomic E-state index is 13.3. The van der Waals surface area contributed by atoms with Gasteiger partial charge in [-0.05, 0) is 53.6 Å². The van der Waals surface area contributed by atoms with Gasteiger partial charge in [0.1, 0.15) is 5.82 Å². The lowest BCUT2D eigenvalue weighted by Gasteiger charge is -2.60. The van der Waals surface area contributed by atoms with Gasteiger partial charge in [0.05, 0.1) is 11.0 Å². The number of imidazole rings is 1. The molecule has 3 aromatic rings. The second-order valence-corrected chi connectivity index (χ2v) is 9.37. The van der Waals surface area contributed by atoms with Crippen LogP contribution in [0.4, 0.5) is 13.2 Å². The van der Waals surface area contributed by atoms with Crippen LogP contribution < -0.4 is 0 Å². The first kappa shape index (κ1) is 20.0. The van der Waals surface area contributed by atoms with Crippen LogP contribution in [0.5, 0.6) is 0 Å². The second kappa shape index (κ2) is 6.31. The zero-order valence-corrected chi connectivity index (χ0v) is 17.5. The summed E-state index contributed by atoms with van der Waals surface area (Å²) in [5.41, 5.74) is 3.72. The van der Waals surface area contributed by atoms with Crippen LogP contribution in [0.2, 0.25) is 0 Å². The lowest BCUT2D eigenvalue weighted by molar-refractivity contribution is -0.195. The highest BCUT2D eigenvalue weighted by molar-refractivity contribution is 5.84. The van der Waals surface area contributed by atoms with E-state index in [0.717, 1.165) is 32.6 Å². The van der Waals surface area contributed by atoms with Crippen molar-refractivity contribution in [3.05, 3.63) is 47.8 Å². The highest BCUT2D eigenvalue weighted by Gasteiger charge is 2.59. The highest BCUT2D eigenvalue weighted by atomic mass is 19.4. The van der Waals surface area contributed by atoms with Crippen LogP contribution in [0.3, 0.4) is 0 Å². The molecular weight excluding hydrogens is 405 g/mol. The van der Waals surface area contributed by atoms with Crippen molar-refractivity contribution in [2.24, 2.45) is 5.41 Å². The Bertz CT molecular complexity index is 1180. The molecule has 0 unspecified atom stereocenters. The van der Waals surface area contributed by atoms with Crippen LogP contribution in [0.1, 0.15) is 38.3 Å². The first-order valence-electron chi connectivity index (χ1n) is 10.3. The zero-order chi connectivity index (χ0) is 22.2. The van der Waals surface area contributed by atoms with Gasteiger partial charge < -0.3 is 9.88 Å². The fraction of sp³-hybridized carbons (Fsp3) is 0.435. The molecule has 0 spiro atoms. The lowest BCUT2D eigenvalue weighted by Crippen LogP contribution is -2.66. The maximum Gasteiger partial charge on any atom is 0.471 e. The number of halogens is 3. The molecule has 1 aliphatic heterocycles. The molecular formula is C23H23F3N4O. The Labute approximate surface area is 177 Å². The number of nitrogens with zero attached hydrogens (tertiary/aromatic N) is 3. The number of rotatable bonds is 1. The van der Waals surface area contributed by atoms with Gasteiger partial charge in [0.15, 0.2) is 0 Å². The Morgan fingerprint density at radius 3 is 2.71 bits per heavy atom. The molecule has 1 aromatic carbocycles.